The highest BCUT2D eigenvalue weighted by Gasteiger charge is 2.14. The third kappa shape index (κ3) is 6.46. The molecule has 0 aromatic heterocycles. The number of aliphatic hydroxyl groups excluding tert-OH is 1. The minimum absolute atomic E-state index is 0.192. The largest absolute Gasteiger partial charge is 0.392 e. The zero-order valence-corrected chi connectivity index (χ0v) is 10.7. The normalized spacial score (nSPS) is 22.9. The van der Waals surface area contributed by atoms with Gasteiger partial charge in [0.2, 0.25) is 0 Å². The Balaban J connectivity index is 1.87. The molecule has 1 aliphatic heterocycles. The van der Waals surface area contributed by atoms with Gasteiger partial charge in [0, 0.05) is 13.2 Å². The van der Waals surface area contributed by atoms with Crippen LogP contribution in [0.2, 0.25) is 0 Å². The third-order valence-corrected chi connectivity index (χ3v) is 3.03. The van der Waals surface area contributed by atoms with Crippen LogP contribution in [0.4, 0.5) is 0 Å². The molecule has 3 heteroatoms. The second kappa shape index (κ2) is 8.04. The topological polar surface area (TPSA) is 41.5 Å². The van der Waals surface area contributed by atoms with E-state index in [0.29, 0.717) is 12.0 Å². The van der Waals surface area contributed by atoms with Crippen molar-refractivity contribution < 1.29 is 9.84 Å². The zero-order chi connectivity index (χ0) is 11.8. The van der Waals surface area contributed by atoms with Gasteiger partial charge in [-0.15, -0.1) is 0 Å². The smallest absolute Gasteiger partial charge is 0.0667 e. The van der Waals surface area contributed by atoms with E-state index >= 15 is 0 Å². The Hall–Kier alpha value is -0.120. The van der Waals surface area contributed by atoms with Crippen LogP contribution in [0, 0.1) is 5.92 Å². The lowest BCUT2D eigenvalue weighted by molar-refractivity contribution is 0.102. The lowest BCUT2D eigenvalue weighted by Crippen LogP contribution is -2.29. The van der Waals surface area contributed by atoms with Crippen molar-refractivity contribution in [1.29, 1.82) is 0 Å². The van der Waals surface area contributed by atoms with Gasteiger partial charge in [0.1, 0.15) is 0 Å². The highest BCUT2D eigenvalue weighted by atomic mass is 16.5. The van der Waals surface area contributed by atoms with Gasteiger partial charge in [-0.05, 0) is 44.6 Å². The Bertz CT molecular complexity index is 167. The average molecular weight is 229 g/mol. The summed E-state index contributed by atoms with van der Waals surface area (Å²) < 4.78 is 5.56. The van der Waals surface area contributed by atoms with Crippen molar-refractivity contribution >= 4 is 0 Å². The van der Waals surface area contributed by atoms with Crippen LogP contribution < -0.4 is 5.32 Å². The summed E-state index contributed by atoms with van der Waals surface area (Å²) in [5.41, 5.74) is 0. The molecule has 0 aliphatic carbocycles. The maximum absolute atomic E-state index is 9.64. The summed E-state index contributed by atoms with van der Waals surface area (Å²) in [6, 6.07) is 0. The van der Waals surface area contributed by atoms with E-state index in [2.05, 4.69) is 19.2 Å². The minimum Gasteiger partial charge on any atom is -0.392 e. The summed E-state index contributed by atoms with van der Waals surface area (Å²) in [6.07, 6.45) is 5.97. The SMILES string of the molecule is CC(C)CC(O)CNCCCC1CCCO1. The fourth-order valence-electron chi connectivity index (χ4n) is 2.22. The van der Waals surface area contributed by atoms with Crippen molar-refractivity contribution in [3.63, 3.8) is 0 Å². The zero-order valence-electron chi connectivity index (χ0n) is 10.7. The molecule has 1 aliphatic rings. The van der Waals surface area contributed by atoms with E-state index in [0.717, 1.165) is 39.0 Å². The van der Waals surface area contributed by atoms with Crippen molar-refractivity contribution in [1.82, 2.24) is 5.32 Å². The first kappa shape index (κ1) is 13.9. The summed E-state index contributed by atoms with van der Waals surface area (Å²) in [6.45, 7) is 6.95. The number of rotatable bonds is 8. The standard InChI is InChI=1S/C13H27NO2/c1-11(2)9-12(15)10-14-7-3-5-13-6-4-8-16-13/h11-15H,3-10H2,1-2H3. The summed E-state index contributed by atoms with van der Waals surface area (Å²) in [7, 11) is 0. The Morgan fingerprint density at radius 2 is 2.25 bits per heavy atom. The van der Waals surface area contributed by atoms with Crippen LogP contribution in [0.5, 0.6) is 0 Å². The maximum Gasteiger partial charge on any atom is 0.0667 e. The molecule has 96 valence electrons. The fraction of sp³-hybridized carbons (Fsp3) is 1.00. The number of hydrogen-bond donors (Lipinski definition) is 2. The van der Waals surface area contributed by atoms with Gasteiger partial charge in [-0.1, -0.05) is 13.8 Å². The van der Waals surface area contributed by atoms with Gasteiger partial charge < -0.3 is 15.2 Å². The molecule has 2 unspecified atom stereocenters. The molecule has 1 heterocycles. The van der Waals surface area contributed by atoms with Gasteiger partial charge in [0.05, 0.1) is 12.2 Å². The molecule has 0 aromatic rings. The van der Waals surface area contributed by atoms with Crippen LogP contribution in [-0.2, 0) is 4.74 Å². The van der Waals surface area contributed by atoms with Crippen molar-refractivity contribution in [3.05, 3.63) is 0 Å². The Labute approximate surface area is 99.6 Å². The van der Waals surface area contributed by atoms with E-state index in [1.807, 2.05) is 0 Å². The second-order valence-electron chi connectivity index (χ2n) is 5.26. The number of aliphatic hydroxyl groups is 1. The summed E-state index contributed by atoms with van der Waals surface area (Å²) in [4.78, 5) is 0. The van der Waals surface area contributed by atoms with Crippen molar-refractivity contribution in [2.45, 2.75) is 58.2 Å². The van der Waals surface area contributed by atoms with Crippen LogP contribution >= 0.6 is 0 Å². The predicted molar refractivity (Wildman–Crippen MR) is 66.5 cm³/mol. The fourth-order valence-corrected chi connectivity index (χ4v) is 2.22. The lowest BCUT2D eigenvalue weighted by Gasteiger charge is -2.14. The first-order valence-corrected chi connectivity index (χ1v) is 6.69. The van der Waals surface area contributed by atoms with Crippen LogP contribution in [0.1, 0.15) is 46.0 Å². The van der Waals surface area contributed by atoms with Crippen molar-refractivity contribution in [2.75, 3.05) is 19.7 Å². The van der Waals surface area contributed by atoms with Gasteiger partial charge >= 0.3 is 0 Å². The van der Waals surface area contributed by atoms with Crippen LogP contribution in [0.25, 0.3) is 0 Å². The first-order chi connectivity index (χ1) is 7.68. The minimum atomic E-state index is -0.192. The van der Waals surface area contributed by atoms with Gasteiger partial charge in [-0.2, -0.15) is 0 Å². The monoisotopic (exact) mass is 229 g/mol. The van der Waals surface area contributed by atoms with E-state index in [-0.39, 0.29) is 6.10 Å². The Morgan fingerprint density at radius 1 is 1.44 bits per heavy atom. The molecule has 0 aromatic carbocycles. The molecule has 0 saturated carbocycles. The van der Waals surface area contributed by atoms with E-state index in [1.165, 1.54) is 12.8 Å². The molecule has 1 fully saturated rings. The molecular formula is C13H27NO2. The molecule has 16 heavy (non-hydrogen) atoms. The van der Waals surface area contributed by atoms with Crippen molar-refractivity contribution in [3.8, 4) is 0 Å². The van der Waals surface area contributed by atoms with Crippen LogP contribution in [0.3, 0.4) is 0 Å². The molecule has 1 rings (SSSR count). The summed E-state index contributed by atoms with van der Waals surface area (Å²) in [5.74, 6) is 0.573. The van der Waals surface area contributed by atoms with E-state index < -0.39 is 0 Å². The Kier molecular flexibility index (Phi) is 7.01. The molecule has 3 nitrogen and oxygen atoms in total. The Morgan fingerprint density at radius 3 is 2.88 bits per heavy atom. The molecule has 2 atom stereocenters. The van der Waals surface area contributed by atoms with Crippen LogP contribution in [-0.4, -0.2) is 37.0 Å². The number of ether oxygens (including phenoxy) is 1. The maximum atomic E-state index is 9.64. The molecular weight excluding hydrogens is 202 g/mol. The highest BCUT2D eigenvalue weighted by molar-refractivity contribution is 4.66. The van der Waals surface area contributed by atoms with Gasteiger partial charge in [0.15, 0.2) is 0 Å². The van der Waals surface area contributed by atoms with E-state index in [9.17, 15) is 5.11 Å². The second-order valence-corrected chi connectivity index (χ2v) is 5.26. The van der Waals surface area contributed by atoms with Gasteiger partial charge in [-0.3, -0.25) is 0 Å². The predicted octanol–water partition coefficient (Wildman–Crippen LogP) is 1.94. The summed E-state index contributed by atoms with van der Waals surface area (Å²) in [5, 5.41) is 13.0. The quantitative estimate of drug-likeness (QED) is 0.625. The lowest BCUT2D eigenvalue weighted by atomic mass is 10.1. The third-order valence-electron chi connectivity index (χ3n) is 3.03. The highest BCUT2D eigenvalue weighted by Crippen LogP contribution is 2.16. The van der Waals surface area contributed by atoms with Crippen molar-refractivity contribution in [2.24, 2.45) is 5.92 Å². The van der Waals surface area contributed by atoms with Crippen LogP contribution in [0.15, 0.2) is 0 Å². The molecule has 2 N–H and O–H groups in total. The van der Waals surface area contributed by atoms with E-state index in [4.69, 9.17) is 4.74 Å². The van der Waals surface area contributed by atoms with Gasteiger partial charge in [-0.25, -0.2) is 0 Å². The molecule has 0 bridgehead atoms. The molecule has 0 spiro atoms. The molecule has 1 saturated heterocycles. The summed E-state index contributed by atoms with van der Waals surface area (Å²) >= 11 is 0. The molecule has 0 amide bonds. The molecule has 0 radical (unpaired) electrons. The number of hydrogen-bond acceptors (Lipinski definition) is 3. The number of nitrogens with one attached hydrogen (secondary N) is 1. The first-order valence-electron chi connectivity index (χ1n) is 6.69. The van der Waals surface area contributed by atoms with E-state index in [1.54, 1.807) is 0 Å². The average Bonchev–Trinajstić information content (AvgIpc) is 2.68. The van der Waals surface area contributed by atoms with Gasteiger partial charge in [0.25, 0.3) is 0 Å².